The summed E-state index contributed by atoms with van der Waals surface area (Å²) in [5, 5.41) is 0. The molecule has 2 bridgehead atoms. The molecule has 1 fully saturated rings. The quantitative estimate of drug-likeness (QED) is 0.308. The van der Waals surface area contributed by atoms with E-state index in [0.717, 1.165) is 12.2 Å². The Labute approximate surface area is 206 Å². The first-order valence-electron chi connectivity index (χ1n) is 12.9. The summed E-state index contributed by atoms with van der Waals surface area (Å²) in [6.45, 7) is 5.03. The zero-order chi connectivity index (χ0) is 24.2. The molecule has 0 saturated carbocycles. The van der Waals surface area contributed by atoms with E-state index >= 15 is 0 Å². The molecular formula is C31H31NO3. The molecule has 2 unspecified atom stereocenters. The minimum atomic E-state index is -0.532. The normalized spacial score (nSPS) is 25.9. The molecule has 0 N–H and O–H groups in total. The molecule has 0 radical (unpaired) electrons. The summed E-state index contributed by atoms with van der Waals surface area (Å²) in [6.07, 6.45) is 4.62. The van der Waals surface area contributed by atoms with Crippen molar-refractivity contribution in [1.29, 1.82) is 0 Å². The van der Waals surface area contributed by atoms with Crippen LogP contribution in [0.4, 0.5) is 5.69 Å². The van der Waals surface area contributed by atoms with Gasteiger partial charge < -0.3 is 4.74 Å². The number of imide groups is 1. The topological polar surface area (TPSA) is 46.6 Å². The van der Waals surface area contributed by atoms with Crippen LogP contribution in [0.25, 0.3) is 0 Å². The van der Waals surface area contributed by atoms with E-state index in [4.69, 9.17) is 4.74 Å². The Balaban J connectivity index is 1.34. The van der Waals surface area contributed by atoms with Gasteiger partial charge in [-0.3, -0.25) is 9.59 Å². The van der Waals surface area contributed by atoms with Crippen LogP contribution < -0.4 is 9.64 Å². The van der Waals surface area contributed by atoms with Gasteiger partial charge in [-0.05, 0) is 52.9 Å². The van der Waals surface area contributed by atoms with Gasteiger partial charge in [0.05, 0.1) is 24.1 Å². The molecule has 4 nitrogen and oxygen atoms in total. The first kappa shape index (κ1) is 22.1. The van der Waals surface area contributed by atoms with Crippen molar-refractivity contribution >= 4 is 17.5 Å². The van der Waals surface area contributed by atoms with E-state index in [1.165, 1.54) is 46.4 Å². The third kappa shape index (κ3) is 3.12. The maximum Gasteiger partial charge on any atom is 0.238 e. The van der Waals surface area contributed by atoms with Gasteiger partial charge in [0.1, 0.15) is 5.75 Å². The van der Waals surface area contributed by atoms with E-state index in [0.29, 0.717) is 12.3 Å². The number of hydrogen-bond acceptors (Lipinski definition) is 3. The fraction of sp³-hybridized carbons (Fsp3) is 0.355. The molecule has 1 aliphatic heterocycles. The fourth-order valence-corrected chi connectivity index (χ4v) is 6.82. The van der Waals surface area contributed by atoms with Crippen LogP contribution in [0.1, 0.15) is 67.7 Å². The van der Waals surface area contributed by atoms with Crippen molar-refractivity contribution in [2.24, 2.45) is 11.8 Å². The Morgan fingerprint density at radius 3 is 2.06 bits per heavy atom. The predicted octanol–water partition coefficient (Wildman–Crippen LogP) is 6.22. The molecule has 2 amide bonds. The molecule has 4 heteroatoms. The van der Waals surface area contributed by atoms with E-state index in [1.54, 1.807) is 0 Å². The number of anilines is 1. The van der Waals surface area contributed by atoms with E-state index in [-0.39, 0.29) is 23.7 Å². The third-order valence-corrected chi connectivity index (χ3v) is 8.40. The highest BCUT2D eigenvalue weighted by molar-refractivity contribution is 6.23. The van der Waals surface area contributed by atoms with Crippen LogP contribution in [-0.2, 0) is 15.0 Å². The molecule has 35 heavy (non-hydrogen) atoms. The average molecular weight is 466 g/mol. The zero-order valence-corrected chi connectivity index (χ0v) is 20.4. The summed E-state index contributed by atoms with van der Waals surface area (Å²) in [7, 11) is 0. The maximum atomic E-state index is 14.0. The number of nitrogens with zero attached hydrogens (tertiary/aromatic N) is 1. The van der Waals surface area contributed by atoms with Crippen molar-refractivity contribution in [3.8, 4) is 5.75 Å². The molecule has 1 heterocycles. The minimum Gasteiger partial charge on any atom is -0.494 e. The second-order valence-electron chi connectivity index (χ2n) is 10.3. The molecule has 7 rings (SSSR count). The van der Waals surface area contributed by atoms with Gasteiger partial charge in [0.2, 0.25) is 11.8 Å². The van der Waals surface area contributed by atoms with Crippen LogP contribution >= 0.6 is 0 Å². The van der Waals surface area contributed by atoms with Crippen LogP contribution in [-0.4, -0.2) is 18.4 Å². The highest BCUT2D eigenvalue weighted by Gasteiger charge is 2.66. The highest BCUT2D eigenvalue weighted by Crippen LogP contribution is 2.64. The SMILES string of the molecule is CCCCCCOc1ccc(N2C(=O)C3C4c5ccccc5C(C)(c5ccccc54)C3C2=O)cc1. The summed E-state index contributed by atoms with van der Waals surface area (Å²) >= 11 is 0. The van der Waals surface area contributed by atoms with E-state index in [9.17, 15) is 9.59 Å². The third-order valence-electron chi connectivity index (χ3n) is 8.40. The molecule has 3 aromatic rings. The van der Waals surface area contributed by atoms with Gasteiger partial charge in [-0.15, -0.1) is 0 Å². The summed E-state index contributed by atoms with van der Waals surface area (Å²) in [5.41, 5.74) is 4.83. The Kier molecular flexibility index (Phi) is 5.28. The van der Waals surface area contributed by atoms with E-state index in [2.05, 4.69) is 38.1 Å². The molecule has 0 spiro atoms. The van der Waals surface area contributed by atoms with Crippen LogP contribution in [0.3, 0.4) is 0 Å². The Bertz CT molecular complexity index is 1250. The van der Waals surface area contributed by atoms with E-state index < -0.39 is 11.3 Å². The Morgan fingerprint density at radius 2 is 1.43 bits per heavy atom. The first-order chi connectivity index (χ1) is 17.1. The van der Waals surface area contributed by atoms with Gasteiger partial charge in [-0.1, -0.05) is 81.6 Å². The number of carbonyl (C=O) groups excluding carboxylic acids is 2. The van der Waals surface area contributed by atoms with Crippen molar-refractivity contribution in [2.75, 3.05) is 11.5 Å². The molecule has 178 valence electrons. The van der Waals surface area contributed by atoms with Gasteiger partial charge in [-0.2, -0.15) is 0 Å². The molecule has 0 aromatic heterocycles. The second kappa shape index (κ2) is 8.37. The maximum absolute atomic E-state index is 14.0. The van der Waals surface area contributed by atoms with Crippen molar-refractivity contribution in [3.05, 3.63) is 95.1 Å². The van der Waals surface area contributed by atoms with Crippen LogP contribution in [0.2, 0.25) is 0 Å². The summed E-state index contributed by atoms with van der Waals surface area (Å²) in [6, 6.07) is 24.2. The Hall–Kier alpha value is -3.40. The number of rotatable bonds is 7. The van der Waals surface area contributed by atoms with Gasteiger partial charge in [-0.25, -0.2) is 4.90 Å². The zero-order valence-electron chi connectivity index (χ0n) is 20.4. The van der Waals surface area contributed by atoms with Gasteiger partial charge in [0.25, 0.3) is 0 Å². The van der Waals surface area contributed by atoms with Gasteiger partial charge in [0, 0.05) is 11.3 Å². The number of amides is 2. The molecule has 4 aliphatic rings. The molecule has 3 aromatic carbocycles. The van der Waals surface area contributed by atoms with Crippen LogP contribution in [0, 0.1) is 11.8 Å². The summed E-state index contributed by atoms with van der Waals surface area (Å²) in [5.74, 6) is -0.292. The van der Waals surface area contributed by atoms with Crippen molar-refractivity contribution in [3.63, 3.8) is 0 Å². The van der Waals surface area contributed by atoms with Crippen molar-refractivity contribution < 1.29 is 14.3 Å². The number of hydrogen-bond donors (Lipinski definition) is 0. The lowest BCUT2D eigenvalue weighted by Crippen LogP contribution is -2.51. The molecule has 3 aliphatic carbocycles. The summed E-state index contributed by atoms with van der Waals surface area (Å²) in [4.78, 5) is 29.4. The lowest BCUT2D eigenvalue weighted by molar-refractivity contribution is -0.123. The Morgan fingerprint density at radius 1 is 0.800 bits per heavy atom. The minimum absolute atomic E-state index is 0.0894. The number of benzene rings is 3. The highest BCUT2D eigenvalue weighted by atomic mass is 16.5. The van der Waals surface area contributed by atoms with Gasteiger partial charge >= 0.3 is 0 Å². The molecule has 2 atom stereocenters. The first-order valence-corrected chi connectivity index (χ1v) is 12.9. The fourth-order valence-electron chi connectivity index (χ4n) is 6.82. The predicted molar refractivity (Wildman–Crippen MR) is 137 cm³/mol. The smallest absolute Gasteiger partial charge is 0.238 e. The lowest BCUT2D eigenvalue weighted by atomic mass is 9.48. The summed E-state index contributed by atoms with van der Waals surface area (Å²) < 4.78 is 5.87. The number of ether oxygens (including phenoxy) is 1. The van der Waals surface area contributed by atoms with Crippen LogP contribution in [0.5, 0.6) is 5.75 Å². The molecule has 1 saturated heterocycles. The number of carbonyl (C=O) groups is 2. The number of unbranched alkanes of at least 4 members (excludes halogenated alkanes) is 3. The second-order valence-corrected chi connectivity index (χ2v) is 10.3. The van der Waals surface area contributed by atoms with Crippen LogP contribution in [0.15, 0.2) is 72.8 Å². The molecular weight excluding hydrogens is 434 g/mol. The standard InChI is InChI=1S/C31H31NO3/c1-3-4-5-10-19-35-21-17-15-20(16-18-21)32-29(33)27-26-22-11-6-8-13-24(22)31(2,28(27)30(32)34)25-14-9-7-12-23(25)26/h6-9,11-18,26-28H,3-5,10,19H2,1-2H3. The van der Waals surface area contributed by atoms with Crippen molar-refractivity contribution in [2.45, 2.75) is 50.9 Å². The largest absolute Gasteiger partial charge is 0.494 e. The lowest BCUT2D eigenvalue weighted by Gasteiger charge is -2.52. The van der Waals surface area contributed by atoms with Gasteiger partial charge in [0.15, 0.2) is 0 Å². The van der Waals surface area contributed by atoms with Crippen molar-refractivity contribution in [1.82, 2.24) is 0 Å². The average Bonchev–Trinajstić information content (AvgIpc) is 3.16. The monoisotopic (exact) mass is 465 g/mol. The van der Waals surface area contributed by atoms with E-state index in [1.807, 2.05) is 48.5 Å².